The van der Waals surface area contributed by atoms with Gasteiger partial charge in [0.1, 0.15) is 23.3 Å². The largest absolute Gasteiger partial charge is 0.378 e. The molecular formula is C16H16F2N4O2. The summed E-state index contributed by atoms with van der Waals surface area (Å²) in [5, 5.41) is 2.54. The van der Waals surface area contributed by atoms with Gasteiger partial charge in [-0.2, -0.15) is 0 Å². The summed E-state index contributed by atoms with van der Waals surface area (Å²) in [6, 6.07) is 4.60. The highest BCUT2D eigenvalue weighted by atomic mass is 19.1. The fraction of sp³-hybridized carbons (Fsp3) is 0.312. The normalized spacial score (nSPS) is 14.5. The predicted molar refractivity (Wildman–Crippen MR) is 82.6 cm³/mol. The number of rotatable bonds is 4. The van der Waals surface area contributed by atoms with E-state index < -0.39 is 17.5 Å². The summed E-state index contributed by atoms with van der Waals surface area (Å²) in [6.45, 7) is 2.81. The second kappa shape index (κ2) is 7.31. The molecule has 1 aliphatic heterocycles. The molecule has 3 rings (SSSR count). The minimum Gasteiger partial charge on any atom is -0.378 e. The summed E-state index contributed by atoms with van der Waals surface area (Å²) in [5.41, 5.74) is -0.222. The molecule has 1 aliphatic rings. The molecule has 1 N–H and O–H groups in total. The maximum atomic E-state index is 13.6. The molecule has 126 valence electrons. The highest BCUT2D eigenvalue weighted by molar-refractivity contribution is 5.94. The lowest BCUT2D eigenvalue weighted by Gasteiger charge is -2.27. The van der Waals surface area contributed by atoms with Crippen LogP contribution in [0.15, 0.2) is 30.5 Å². The number of benzene rings is 1. The second-order valence-corrected chi connectivity index (χ2v) is 5.24. The average Bonchev–Trinajstić information content (AvgIpc) is 2.61. The van der Waals surface area contributed by atoms with Gasteiger partial charge >= 0.3 is 0 Å². The van der Waals surface area contributed by atoms with Crippen molar-refractivity contribution < 1.29 is 18.3 Å². The van der Waals surface area contributed by atoms with Crippen LogP contribution in [0.1, 0.15) is 16.2 Å². The third-order valence-electron chi connectivity index (χ3n) is 3.61. The molecule has 1 saturated heterocycles. The summed E-state index contributed by atoms with van der Waals surface area (Å²) >= 11 is 0. The van der Waals surface area contributed by atoms with Crippen LogP contribution in [0.2, 0.25) is 0 Å². The Morgan fingerprint density at radius 2 is 2.04 bits per heavy atom. The molecule has 1 fully saturated rings. The number of hydrogen-bond donors (Lipinski definition) is 1. The summed E-state index contributed by atoms with van der Waals surface area (Å²) < 4.78 is 31.8. The van der Waals surface area contributed by atoms with Crippen molar-refractivity contribution in [1.29, 1.82) is 0 Å². The lowest BCUT2D eigenvalue weighted by Crippen LogP contribution is -2.37. The number of nitrogens with zero attached hydrogens (tertiary/aromatic N) is 3. The molecule has 6 nitrogen and oxygen atoms in total. The second-order valence-electron chi connectivity index (χ2n) is 5.24. The minimum atomic E-state index is -0.907. The summed E-state index contributed by atoms with van der Waals surface area (Å²) in [7, 11) is 0. The van der Waals surface area contributed by atoms with Crippen LogP contribution in [0.4, 0.5) is 14.6 Å². The SMILES string of the molecule is O=C(NCc1nccc(N2CCOCC2)n1)c1ccc(F)cc1F. The van der Waals surface area contributed by atoms with Crippen molar-refractivity contribution in [2.24, 2.45) is 0 Å². The molecule has 2 heterocycles. The quantitative estimate of drug-likeness (QED) is 0.918. The van der Waals surface area contributed by atoms with Gasteiger partial charge in [-0.1, -0.05) is 0 Å². The van der Waals surface area contributed by atoms with Crippen LogP contribution in [0.25, 0.3) is 0 Å². The first-order valence-corrected chi connectivity index (χ1v) is 7.51. The molecule has 8 heteroatoms. The van der Waals surface area contributed by atoms with E-state index in [0.29, 0.717) is 25.1 Å². The summed E-state index contributed by atoms with van der Waals surface area (Å²) in [4.78, 5) is 22.5. The van der Waals surface area contributed by atoms with Crippen molar-refractivity contribution in [3.8, 4) is 0 Å². The molecular weight excluding hydrogens is 318 g/mol. The Bertz CT molecular complexity index is 736. The Balaban J connectivity index is 1.64. The molecule has 1 amide bonds. The third kappa shape index (κ3) is 3.83. The standard InChI is InChI=1S/C16H16F2N4O2/c17-11-1-2-12(13(18)9-11)16(23)20-10-14-19-4-3-15(21-14)22-5-7-24-8-6-22/h1-4,9H,5-8,10H2,(H,20,23). The van der Waals surface area contributed by atoms with Crippen molar-refractivity contribution in [1.82, 2.24) is 15.3 Å². The zero-order valence-corrected chi connectivity index (χ0v) is 12.8. The maximum absolute atomic E-state index is 13.6. The van der Waals surface area contributed by atoms with Crippen LogP contribution in [-0.4, -0.2) is 42.2 Å². The molecule has 2 aromatic rings. The van der Waals surface area contributed by atoms with Gasteiger partial charge < -0.3 is 15.0 Å². The number of carbonyl (C=O) groups excluding carboxylic acids is 1. The first kappa shape index (κ1) is 16.3. The van der Waals surface area contributed by atoms with E-state index in [4.69, 9.17) is 4.74 Å². The lowest BCUT2D eigenvalue weighted by molar-refractivity contribution is 0.0945. The van der Waals surface area contributed by atoms with Gasteiger partial charge in [-0.15, -0.1) is 0 Å². The first-order chi connectivity index (χ1) is 11.6. The zero-order valence-electron chi connectivity index (χ0n) is 12.8. The molecule has 1 aromatic heterocycles. The monoisotopic (exact) mass is 334 g/mol. The molecule has 0 bridgehead atoms. The van der Waals surface area contributed by atoms with Gasteiger partial charge in [0.25, 0.3) is 5.91 Å². The Morgan fingerprint density at radius 1 is 1.25 bits per heavy atom. The molecule has 0 unspecified atom stereocenters. The molecule has 0 aliphatic carbocycles. The Hall–Kier alpha value is -2.61. The van der Waals surface area contributed by atoms with Gasteiger partial charge in [0.15, 0.2) is 0 Å². The molecule has 24 heavy (non-hydrogen) atoms. The highest BCUT2D eigenvalue weighted by Crippen LogP contribution is 2.12. The van der Waals surface area contributed by atoms with Crippen LogP contribution in [0, 0.1) is 11.6 Å². The van der Waals surface area contributed by atoms with E-state index in [1.807, 2.05) is 0 Å². The summed E-state index contributed by atoms with van der Waals surface area (Å²) in [5.74, 6) is -1.12. The van der Waals surface area contributed by atoms with Crippen molar-refractivity contribution in [3.63, 3.8) is 0 Å². The van der Waals surface area contributed by atoms with Crippen LogP contribution in [0.3, 0.4) is 0 Å². The van der Waals surface area contributed by atoms with Gasteiger partial charge in [-0.3, -0.25) is 4.79 Å². The van der Waals surface area contributed by atoms with Gasteiger partial charge in [0.2, 0.25) is 0 Å². The van der Waals surface area contributed by atoms with Gasteiger partial charge in [-0.25, -0.2) is 18.7 Å². The van der Waals surface area contributed by atoms with E-state index in [9.17, 15) is 13.6 Å². The van der Waals surface area contributed by atoms with E-state index in [-0.39, 0.29) is 12.1 Å². The highest BCUT2D eigenvalue weighted by Gasteiger charge is 2.15. The number of hydrogen-bond acceptors (Lipinski definition) is 5. The molecule has 0 saturated carbocycles. The predicted octanol–water partition coefficient (Wildman–Crippen LogP) is 1.52. The van der Waals surface area contributed by atoms with Gasteiger partial charge in [-0.05, 0) is 18.2 Å². The number of halogens is 2. The van der Waals surface area contributed by atoms with Crippen LogP contribution in [0.5, 0.6) is 0 Å². The smallest absolute Gasteiger partial charge is 0.254 e. The van der Waals surface area contributed by atoms with Crippen LogP contribution >= 0.6 is 0 Å². The first-order valence-electron chi connectivity index (χ1n) is 7.51. The number of nitrogens with one attached hydrogen (secondary N) is 1. The van der Waals surface area contributed by atoms with E-state index >= 15 is 0 Å². The van der Waals surface area contributed by atoms with Crippen LogP contribution < -0.4 is 10.2 Å². The summed E-state index contributed by atoms with van der Waals surface area (Å²) in [6.07, 6.45) is 1.61. The maximum Gasteiger partial charge on any atom is 0.254 e. The Kier molecular flexibility index (Phi) is 4.95. The number of morpholine rings is 1. The number of amides is 1. The Morgan fingerprint density at radius 3 is 2.79 bits per heavy atom. The van der Waals surface area contributed by atoms with Crippen molar-refractivity contribution in [2.75, 3.05) is 31.2 Å². The van der Waals surface area contributed by atoms with Crippen molar-refractivity contribution in [2.45, 2.75) is 6.54 Å². The fourth-order valence-electron chi connectivity index (χ4n) is 2.37. The van der Waals surface area contributed by atoms with E-state index in [1.54, 1.807) is 12.3 Å². The van der Waals surface area contributed by atoms with Gasteiger partial charge in [0.05, 0.1) is 25.3 Å². The van der Waals surface area contributed by atoms with Crippen molar-refractivity contribution in [3.05, 3.63) is 53.5 Å². The molecule has 0 atom stereocenters. The molecule has 1 aromatic carbocycles. The zero-order chi connectivity index (χ0) is 16.9. The fourth-order valence-corrected chi connectivity index (χ4v) is 2.37. The van der Waals surface area contributed by atoms with E-state index in [2.05, 4.69) is 20.2 Å². The minimum absolute atomic E-state index is 0.0494. The average molecular weight is 334 g/mol. The lowest BCUT2D eigenvalue weighted by atomic mass is 10.2. The number of carbonyl (C=O) groups is 1. The van der Waals surface area contributed by atoms with Crippen LogP contribution in [-0.2, 0) is 11.3 Å². The topological polar surface area (TPSA) is 67.4 Å². The van der Waals surface area contributed by atoms with E-state index in [0.717, 1.165) is 31.0 Å². The number of ether oxygens (including phenoxy) is 1. The van der Waals surface area contributed by atoms with Crippen molar-refractivity contribution >= 4 is 11.7 Å². The Labute approximate surface area is 137 Å². The molecule has 0 spiro atoms. The van der Waals surface area contributed by atoms with Gasteiger partial charge in [0, 0.05) is 25.4 Å². The number of aromatic nitrogens is 2. The number of anilines is 1. The third-order valence-corrected chi connectivity index (χ3v) is 3.61. The van der Waals surface area contributed by atoms with E-state index in [1.165, 1.54) is 0 Å². The molecule has 0 radical (unpaired) electrons.